The predicted octanol–water partition coefficient (Wildman–Crippen LogP) is 0.788. The average molecular weight is 237 g/mol. The van der Waals surface area contributed by atoms with Crippen molar-refractivity contribution in [2.75, 3.05) is 18.9 Å². The zero-order valence-corrected chi connectivity index (χ0v) is 9.24. The summed E-state index contributed by atoms with van der Waals surface area (Å²) in [5.41, 5.74) is 0.374. The Kier molecular flexibility index (Phi) is 2.95. The van der Waals surface area contributed by atoms with Gasteiger partial charge in [0.1, 0.15) is 11.9 Å². The van der Waals surface area contributed by atoms with Crippen LogP contribution in [0.4, 0.5) is 14.9 Å². The number of urea groups is 1. The summed E-state index contributed by atoms with van der Waals surface area (Å²) in [6.07, 6.45) is 0. The molecule has 1 fully saturated rings. The zero-order chi connectivity index (χ0) is 12.4. The quantitative estimate of drug-likeness (QED) is 0.798. The normalized spacial score (nSPS) is 19.1. The van der Waals surface area contributed by atoms with E-state index in [0.29, 0.717) is 12.2 Å². The molecule has 2 rings (SSSR count). The number of hydrogen-bond acceptors (Lipinski definition) is 2. The molecule has 1 aliphatic heterocycles. The third-order valence-corrected chi connectivity index (χ3v) is 2.51. The molecule has 1 aliphatic rings. The van der Waals surface area contributed by atoms with E-state index in [2.05, 4.69) is 10.6 Å². The van der Waals surface area contributed by atoms with Gasteiger partial charge in [-0.25, -0.2) is 9.18 Å². The predicted molar refractivity (Wildman–Crippen MR) is 60.0 cm³/mol. The molecule has 5 nitrogen and oxygen atoms in total. The van der Waals surface area contributed by atoms with Gasteiger partial charge in [-0.3, -0.25) is 4.79 Å². The molecule has 0 bridgehead atoms. The van der Waals surface area contributed by atoms with Crippen molar-refractivity contribution in [2.24, 2.45) is 0 Å². The van der Waals surface area contributed by atoms with Gasteiger partial charge in [0.2, 0.25) is 5.91 Å². The topological polar surface area (TPSA) is 61.4 Å². The van der Waals surface area contributed by atoms with Crippen molar-refractivity contribution in [3.05, 3.63) is 30.1 Å². The lowest BCUT2D eigenvalue weighted by Crippen LogP contribution is -2.38. The van der Waals surface area contributed by atoms with E-state index in [1.807, 2.05) is 0 Å². The Morgan fingerprint density at radius 3 is 2.94 bits per heavy atom. The summed E-state index contributed by atoms with van der Waals surface area (Å²) in [6.45, 7) is 0.306. The van der Waals surface area contributed by atoms with Crippen molar-refractivity contribution in [3.63, 3.8) is 0 Å². The molecule has 1 unspecified atom stereocenters. The zero-order valence-electron chi connectivity index (χ0n) is 9.24. The van der Waals surface area contributed by atoms with Crippen molar-refractivity contribution in [3.8, 4) is 0 Å². The lowest BCUT2D eigenvalue weighted by atomic mass is 10.2. The first-order valence-corrected chi connectivity index (χ1v) is 5.14. The molecule has 1 saturated heterocycles. The molecule has 90 valence electrons. The average Bonchev–Trinajstić information content (AvgIpc) is 2.59. The van der Waals surface area contributed by atoms with Gasteiger partial charge >= 0.3 is 6.03 Å². The lowest BCUT2D eigenvalue weighted by Gasteiger charge is -2.10. The minimum Gasteiger partial charge on any atom is -0.325 e. The highest BCUT2D eigenvalue weighted by Crippen LogP contribution is 2.10. The van der Waals surface area contributed by atoms with Gasteiger partial charge in [-0.15, -0.1) is 0 Å². The number of benzene rings is 1. The van der Waals surface area contributed by atoms with Gasteiger partial charge in [-0.1, -0.05) is 6.07 Å². The maximum atomic E-state index is 12.9. The smallest absolute Gasteiger partial charge is 0.317 e. The summed E-state index contributed by atoms with van der Waals surface area (Å²) in [5, 5.41) is 5.06. The molecular weight excluding hydrogens is 225 g/mol. The molecule has 0 spiro atoms. The molecular formula is C11H12FN3O2. The number of nitrogens with zero attached hydrogens (tertiary/aromatic N) is 1. The summed E-state index contributed by atoms with van der Waals surface area (Å²) in [6, 6.07) is 4.71. The number of likely N-dealkylation sites (N-methyl/N-ethyl adjacent to an activating group) is 1. The van der Waals surface area contributed by atoms with Gasteiger partial charge in [0.25, 0.3) is 0 Å². The maximum absolute atomic E-state index is 12.9. The number of hydrogen-bond donors (Lipinski definition) is 2. The molecule has 1 heterocycles. The minimum absolute atomic E-state index is 0.288. The van der Waals surface area contributed by atoms with Crippen LogP contribution in [0.25, 0.3) is 0 Å². The van der Waals surface area contributed by atoms with Crippen LogP contribution >= 0.6 is 0 Å². The van der Waals surface area contributed by atoms with E-state index >= 15 is 0 Å². The van der Waals surface area contributed by atoms with E-state index in [1.165, 1.54) is 23.1 Å². The number of anilines is 1. The fraction of sp³-hybridized carbons (Fsp3) is 0.273. The number of nitrogens with one attached hydrogen (secondary N) is 2. The van der Waals surface area contributed by atoms with Crippen LogP contribution in [0, 0.1) is 5.82 Å². The molecule has 2 N–H and O–H groups in total. The van der Waals surface area contributed by atoms with Crippen LogP contribution in [0.5, 0.6) is 0 Å². The van der Waals surface area contributed by atoms with Gasteiger partial charge in [-0.2, -0.15) is 0 Å². The number of halogens is 1. The van der Waals surface area contributed by atoms with Crippen LogP contribution < -0.4 is 10.6 Å². The summed E-state index contributed by atoms with van der Waals surface area (Å²) in [4.78, 5) is 24.3. The Morgan fingerprint density at radius 1 is 1.59 bits per heavy atom. The fourth-order valence-electron chi connectivity index (χ4n) is 1.61. The number of rotatable bonds is 2. The minimum atomic E-state index is -0.601. The summed E-state index contributed by atoms with van der Waals surface area (Å²) >= 11 is 0. The van der Waals surface area contributed by atoms with Gasteiger partial charge in [0.05, 0.1) is 6.54 Å². The molecule has 0 radical (unpaired) electrons. The molecule has 1 atom stereocenters. The number of amides is 3. The number of carbonyl (C=O) groups excluding carboxylic acids is 2. The van der Waals surface area contributed by atoms with E-state index in [-0.39, 0.29) is 11.9 Å². The third-order valence-electron chi connectivity index (χ3n) is 2.51. The standard InChI is InChI=1S/C11H12FN3O2/c1-15-6-9(14-11(15)17)10(16)13-8-4-2-3-7(12)5-8/h2-5,9H,6H2,1H3,(H,13,16)(H,14,17). The first-order valence-electron chi connectivity index (χ1n) is 5.14. The fourth-order valence-corrected chi connectivity index (χ4v) is 1.61. The second-order valence-corrected chi connectivity index (χ2v) is 3.88. The van der Waals surface area contributed by atoms with Crippen LogP contribution in [0.1, 0.15) is 0 Å². The first-order chi connectivity index (χ1) is 8.06. The van der Waals surface area contributed by atoms with Gasteiger partial charge in [0.15, 0.2) is 0 Å². The summed E-state index contributed by atoms with van der Waals surface area (Å²) in [7, 11) is 1.60. The monoisotopic (exact) mass is 237 g/mol. The molecule has 0 aromatic heterocycles. The first kappa shape index (κ1) is 11.4. The van der Waals surface area contributed by atoms with Crippen molar-refractivity contribution < 1.29 is 14.0 Å². The molecule has 0 saturated carbocycles. The van der Waals surface area contributed by atoms with Gasteiger partial charge in [0, 0.05) is 12.7 Å². The Labute approximate surface area is 97.6 Å². The highest BCUT2D eigenvalue weighted by atomic mass is 19.1. The molecule has 3 amide bonds. The van der Waals surface area contributed by atoms with Crippen molar-refractivity contribution in [1.82, 2.24) is 10.2 Å². The van der Waals surface area contributed by atoms with Crippen LogP contribution in [0.15, 0.2) is 24.3 Å². The second kappa shape index (κ2) is 4.40. The Morgan fingerprint density at radius 2 is 2.35 bits per heavy atom. The van der Waals surface area contributed by atoms with Crippen molar-refractivity contribution in [1.29, 1.82) is 0 Å². The highest BCUT2D eigenvalue weighted by molar-refractivity contribution is 5.98. The SMILES string of the molecule is CN1CC(C(=O)Nc2cccc(F)c2)NC1=O. The summed E-state index contributed by atoms with van der Waals surface area (Å²) < 4.78 is 12.9. The molecule has 6 heteroatoms. The molecule has 17 heavy (non-hydrogen) atoms. The Bertz CT molecular complexity index is 464. The van der Waals surface area contributed by atoms with Crippen LogP contribution in [0.2, 0.25) is 0 Å². The number of carbonyl (C=O) groups is 2. The van der Waals surface area contributed by atoms with Crippen molar-refractivity contribution >= 4 is 17.6 Å². The summed E-state index contributed by atoms with van der Waals surface area (Å²) in [5.74, 6) is -0.774. The van der Waals surface area contributed by atoms with Gasteiger partial charge in [-0.05, 0) is 18.2 Å². The van der Waals surface area contributed by atoms with Crippen LogP contribution in [-0.4, -0.2) is 36.5 Å². The van der Waals surface area contributed by atoms with E-state index in [1.54, 1.807) is 13.1 Å². The maximum Gasteiger partial charge on any atom is 0.317 e. The van der Waals surface area contributed by atoms with E-state index in [4.69, 9.17) is 0 Å². The third kappa shape index (κ3) is 2.52. The largest absolute Gasteiger partial charge is 0.325 e. The van der Waals surface area contributed by atoms with E-state index in [0.717, 1.165) is 0 Å². The van der Waals surface area contributed by atoms with Crippen molar-refractivity contribution in [2.45, 2.75) is 6.04 Å². The van der Waals surface area contributed by atoms with Crippen LogP contribution in [-0.2, 0) is 4.79 Å². The molecule has 1 aromatic carbocycles. The second-order valence-electron chi connectivity index (χ2n) is 3.88. The molecule has 1 aromatic rings. The lowest BCUT2D eigenvalue weighted by molar-refractivity contribution is -0.117. The van der Waals surface area contributed by atoms with E-state index < -0.39 is 11.9 Å². The van der Waals surface area contributed by atoms with E-state index in [9.17, 15) is 14.0 Å². The Hall–Kier alpha value is -2.11. The Balaban J connectivity index is 2.00. The van der Waals surface area contributed by atoms with Crippen LogP contribution in [0.3, 0.4) is 0 Å². The van der Waals surface area contributed by atoms with Gasteiger partial charge < -0.3 is 15.5 Å². The highest BCUT2D eigenvalue weighted by Gasteiger charge is 2.31. The molecule has 0 aliphatic carbocycles.